The number of hydrogen-bond acceptors (Lipinski definition) is 15. The van der Waals surface area contributed by atoms with Crippen LogP contribution in [-0.2, 0) is 65.4 Å². The molecule has 0 spiro atoms. The second-order valence-electron chi connectivity index (χ2n) is 25.4. The number of phosphoric ester groups is 2. The molecule has 0 aliphatic rings. The molecule has 530 valence electrons. The van der Waals surface area contributed by atoms with Gasteiger partial charge in [-0.2, -0.15) is 0 Å². The molecule has 0 radical (unpaired) electrons. The van der Waals surface area contributed by atoms with Crippen LogP contribution < -0.4 is 0 Å². The molecule has 0 amide bonds. The summed E-state index contributed by atoms with van der Waals surface area (Å²) in [5.74, 6) is -1.37. The van der Waals surface area contributed by atoms with Crippen LogP contribution in [0.5, 0.6) is 0 Å². The SMILES string of the molecule is CCCCCC/C=C\C=C/CCCCCCCC(=O)OC[C@H](COP(=O)(O)OC[C@@H](O)COP(=O)(O)OC[C@@H](COC(=O)CCCCCCCCC)OC(=O)CCCCCCCCCCCCCC)OC(=O)CCCCCCCCCCCCCCCC(C)C. The summed E-state index contributed by atoms with van der Waals surface area (Å²) in [5.41, 5.74) is 0. The summed E-state index contributed by atoms with van der Waals surface area (Å²) in [7, 11) is -9.91. The second-order valence-corrected chi connectivity index (χ2v) is 28.3. The van der Waals surface area contributed by atoms with E-state index in [9.17, 15) is 43.2 Å². The smallest absolute Gasteiger partial charge is 0.462 e. The molecule has 0 aliphatic heterocycles. The quantitative estimate of drug-likeness (QED) is 0.0169. The number of rotatable bonds is 69. The number of carbonyl (C=O) groups excluding carboxylic acids is 4. The van der Waals surface area contributed by atoms with Crippen molar-refractivity contribution < 1.29 is 80.2 Å². The Balaban J connectivity index is 5.24. The van der Waals surface area contributed by atoms with Crippen molar-refractivity contribution in [1.82, 2.24) is 0 Å². The third-order valence-electron chi connectivity index (χ3n) is 15.9. The molecule has 0 aromatic heterocycles. The maximum absolute atomic E-state index is 13.0. The van der Waals surface area contributed by atoms with Crippen LogP contribution in [0.3, 0.4) is 0 Å². The Labute approximate surface area is 548 Å². The zero-order valence-electron chi connectivity index (χ0n) is 57.8. The van der Waals surface area contributed by atoms with Crippen LogP contribution in [0.15, 0.2) is 24.3 Å². The summed E-state index contributed by atoms with van der Waals surface area (Å²) >= 11 is 0. The van der Waals surface area contributed by atoms with Crippen LogP contribution >= 0.6 is 15.6 Å². The molecular weight excluding hydrogens is 1190 g/mol. The lowest BCUT2D eigenvalue weighted by atomic mass is 10.0. The van der Waals surface area contributed by atoms with E-state index in [1.54, 1.807) is 0 Å². The van der Waals surface area contributed by atoms with Crippen molar-refractivity contribution in [2.24, 2.45) is 5.92 Å². The minimum absolute atomic E-state index is 0.100. The van der Waals surface area contributed by atoms with Crippen molar-refractivity contribution in [3.63, 3.8) is 0 Å². The van der Waals surface area contributed by atoms with Crippen LogP contribution in [0.4, 0.5) is 0 Å². The highest BCUT2D eigenvalue weighted by Crippen LogP contribution is 2.45. The number of allylic oxidation sites excluding steroid dienone is 4. The van der Waals surface area contributed by atoms with Gasteiger partial charge in [0, 0.05) is 25.7 Å². The van der Waals surface area contributed by atoms with Crippen LogP contribution in [0, 0.1) is 5.92 Å². The van der Waals surface area contributed by atoms with E-state index in [4.69, 9.17) is 37.0 Å². The van der Waals surface area contributed by atoms with Gasteiger partial charge in [-0.15, -0.1) is 0 Å². The second kappa shape index (κ2) is 63.9. The molecule has 19 heteroatoms. The summed E-state index contributed by atoms with van der Waals surface area (Å²) in [6.07, 6.45) is 53.6. The first-order valence-electron chi connectivity index (χ1n) is 36.5. The average molecular weight is 1320 g/mol. The molecule has 0 fully saturated rings. The summed E-state index contributed by atoms with van der Waals surface area (Å²) in [6, 6.07) is 0. The molecule has 3 N–H and O–H groups in total. The predicted octanol–water partition coefficient (Wildman–Crippen LogP) is 20.1. The molecule has 0 saturated heterocycles. The van der Waals surface area contributed by atoms with E-state index in [1.807, 2.05) is 0 Å². The Morgan fingerprint density at radius 1 is 0.344 bits per heavy atom. The molecule has 2 unspecified atom stereocenters. The van der Waals surface area contributed by atoms with Gasteiger partial charge in [-0.05, 0) is 57.3 Å². The molecule has 0 aromatic rings. The van der Waals surface area contributed by atoms with E-state index >= 15 is 0 Å². The monoisotopic (exact) mass is 1320 g/mol. The molecule has 90 heavy (non-hydrogen) atoms. The van der Waals surface area contributed by atoms with E-state index in [1.165, 1.54) is 135 Å². The minimum Gasteiger partial charge on any atom is -0.462 e. The van der Waals surface area contributed by atoms with Crippen LogP contribution in [0.2, 0.25) is 0 Å². The normalized spacial score (nSPS) is 14.2. The number of ether oxygens (including phenoxy) is 4. The van der Waals surface area contributed by atoms with Gasteiger partial charge in [0.25, 0.3) is 0 Å². The van der Waals surface area contributed by atoms with Gasteiger partial charge in [0.2, 0.25) is 0 Å². The Kier molecular flexibility index (Phi) is 62.2. The predicted molar refractivity (Wildman–Crippen MR) is 363 cm³/mol. The van der Waals surface area contributed by atoms with Crippen molar-refractivity contribution >= 4 is 39.5 Å². The molecule has 0 aliphatic carbocycles. The maximum Gasteiger partial charge on any atom is 0.472 e. The van der Waals surface area contributed by atoms with Crippen molar-refractivity contribution in [3.05, 3.63) is 24.3 Å². The van der Waals surface area contributed by atoms with Crippen LogP contribution in [0.25, 0.3) is 0 Å². The van der Waals surface area contributed by atoms with Gasteiger partial charge in [-0.25, -0.2) is 9.13 Å². The van der Waals surface area contributed by atoms with Gasteiger partial charge in [-0.1, -0.05) is 290 Å². The number of esters is 4. The third kappa shape index (κ3) is 64.3. The summed E-state index contributed by atoms with van der Waals surface area (Å²) in [5, 5.41) is 10.6. The average Bonchev–Trinajstić information content (AvgIpc) is 3.61. The number of aliphatic hydroxyl groups excluding tert-OH is 1. The van der Waals surface area contributed by atoms with Crippen molar-refractivity contribution in [1.29, 1.82) is 0 Å². The van der Waals surface area contributed by atoms with Gasteiger partial charge in [0.1, 0.15) is 19.3 Å². The lowest BCUT2D eigenvalue weighted by Crippen LogP contribution is -2.30. The number of unbranched alkanes of at least 4 members (excludes halogenated alkanes) is 38. The fourth-order valence-corrected chi connectivity index (χ4v) is 11.9. The summed E-state index contributed by atoms with van der Waals surface area (Å²) < 4.78 is 68.2. The van der Waals surface area contributed by atoms with Crippen LogP contribution in [0.1, 0.15) is 343 Å². The Morgan fingerprint density at radius 3 is 0.911 bits per heavy atom. The molecule has 0 aromatic carbocycles. The minimum atomic E-state index is -4.96. The number of hydrogen-bond donors (Lipinski definition) is 3. The molecule has 0 rings (SSSR count). The van der Waals surface area contributed by atoms with E-state index in [0.717, 1.165) is 128 Å². The molecule has 0 heterocycles. The number of carbonyl (C=O) groups is 4. The highest BCUT2D eigenvalue weighted by molar-refractivity contribution is 7.47. The van der Waals surface area contributed by atoms with Crippen molar-refractivity contribution in [2.75, 3.05) is 39.6 Å². The lowest BCUT2D eigenvalue weighted by molar-refractivity contribution is -0.161. The number of phosphoric acid groups is 2. The standard InChI is InChI=1S/C71H134O17P2/c1-6-9-12-15-18-20-22-24-25-28-32-35-40-45-50-55-69(74)82-61-67(88-71(76)57-52-47-42-37-33-29-26-27-30-34-39-43-48-53-64(4)5)63-86-90(79,80)84-59-65(72)58-83-89(77,78)85-62-66(60-81-68(73)54-49-44-38-17-14-11-8-3)87-70(75)56-51-46-41-36-31-23-21-19-16-13-10-7-2/h20,22,24-25,64-67,72H,6-19,21,23,26-63H2,1-5H3,(H,77,78)(H,79,80)/b22-20-,25-24-/t65-,66+,67+/m0/s1. The van der Waals surface area contributed by atoms with E-state index in [-0.39, 0.29) is 25.7 Å². The summed E-state index contributed by atoms with van der Waals surface area (Å²) in [6.45, 7) is 7.16. The van der Waals surface area contributed by atoms with Gasteiger partial charge < -0.3 is 33.8 Å². The Bertz CT molecular complexity index is 1830. The first-order chi connectivity index (χ1) is 43.5. The third-order valence-corrected chi connectivity index (χ3v) is 17.8. The van der Waals surface area contributed by atoms with Crippen LogP contribution in [-0.4, -0.2) is 96.7 Å². The fraction of sp³-hybridized carbons (Fsp3) is 0.887. The molecule has 0 saturated carbocycles. The van der Waals surface area contributed by atoms with Gasteiger partial charge in [-0.3, -0.25) is 37.3 Å². The topological polar surface area (TPSA) is 237 Å². The molecular formula is C71H134O17P2. The fourth-order valence-electron chi connectivity index (χ4n) is 10.3. The van der Waals surface area contributed by atoms with E-state index in [2.05, 4.69) is 58.9 Å². The van der Waals surface area contributed by atoms with Gasteiger partial charge in [0.15, 0.2) is 12.2 Å². The van der Waals surface area contributed by atoms with E-state index in [0.29, 0.717) is 25.7 Å². The largest absolute Gasteiger partial charge is 0.472 e. The van der Waals surface area contributed by atoms with Gasteiger partial charge in [0.05, 0.1) is 26.4 Å². The first-order valence-corrected chi connectivity index (χ1v) is 39.4. The summed E-state index contributed by atoms with van der Waals surface area (Å²) in [4.78, 5) is 72.4. The first kappa shape index (κ1) is 87.5. The van der Waals surface area contributed by atoms with Gasteiger partial charge >= 0.3 is 39.5 Å². The molecule has 5 atom stereocenters. The molecule has 0 bridgehead atoms. The highest BCUT2D eigenvalue weighted by Gasteiger charge is 2.30. The van der Waals surface area contributed by atoms with Crippen molar-refractivity contribution in [3.8, 4) is 0 Å². The Morgan fingerprint density at radius 2 is 0.600 bits per heavy atom. The Hall–Kier alpha value is -2.46. The van der Waals surface area contributed by atoms with Crippen molar-refractivity contribution in [2.45, 2.75) is 361 Å². The maximum atomic E-state index is 13.0. The lowest BCUT2D eigenvalue weighted by Gasteiger charge is -2.21. The molecule has 17 nitrogen and oxygen atoms in total. The zero-order valence-corrected chi connectivity index (χ0v) is 59.5. The number of aliphatic hydroxyl groups is 1. The zero-order chi connectivity index (χ0) is 66.3. The highest BCUT2D eigenvalue weighted by atomic mass is 31.2. The van der Waals surface area contributed by atoms with E-state index < -0.39 is 97.5 Å².